The van der Waals surface area contributed by atoms with E-state index in [1.165, 1.54) is 0 Å². The molecule has 0 unspecified atom stereocenters. The van der Waals surface area contributed by atoms with E-state index in [0.717, 1.165) is 23.7 Å². The molecule has 0 atom stereocenters. The van der Waals surface area contributed by atoms with E-state index in [1.54, 1.807) is 36.0 Å². The molecule has 102 valence electrons. The molecule has 0 saturated carbocycles. The Bertz CT molecular complexity index is 437. The SMILES string of the molecule is CN(C)CCSCCC(=O)Nc1ccc(C#N)cc1. The van der Waals surface area contributed by atoms with Gasteiger partial charge in [0.15, 0.2) is 0 Å². The highest BCUT2D eigenvalue weighted by Gasteiger charge is 2.02. The Morgan fingerprint density at radius 2 is 2.00 bits per heavy atom. The van der Waals surface area contributed by atoms with Crippen LogP contribution < -0.4 is 5.32 Å². The van der Waals surface area contributed by atoms with Gasteiger partial charge in [-0.1, -0.05) is 0 Å². The lowest BCUT2D eigenvalue weighted by atomic mass is 10.2. The van der Waals surface area contributed by atoms with Crippen LogP contribution in [0.3, 0.4) is 0 Å². The largest absolute Gasteiger partial charge is 0.326 e. The first-order valence-electron chi connectivity index (χ1n) is 6.14. The van der Waals surface area contributed by atoms with Crippen LogP contribution in [0.15, 0.2) is 24.3 Å². The lowest BCUT2D eigenvalue weighted by Gasteiger charge is -2.08. The predicted octanol–water partition coefficient (Wildman–Crippen LogP) is 2.18. The molecule has 0 aliphatic carbocycles. The summed E-state index contributed by atoms with van der Waals surface area (Å²) in [6.07, 6.45) is 0.512. The molecule has 0 aromatic heterocycles. The highest BCUT2D eigenvalue weighted by Crippen LogP contribution is 2.10. The third-order valence-corrected chi connectivity index (χ3v) is 3.42. The molecule has 19 heavy (non-hydrogen) atoms. The van der Waals surface area contributed by atoms with E-state index in [0.29, 0.717) is 12.0 Å². The van der Waals surface area contributed by atoms with Crippen LogP contribution in [-0.4, -0.2) is 43.0 Å². The number of carbonyl (C=O) groups is 1. The number of rotatable bonds is 7. The summed E-state index contributed by atoms with van der Waals surface area (Å²) in [5.74, 6) is 1.88. The van der Waals surface area contributed by atoms with Crippen LogP contribution in [0.4, 0.5) is 5.69 Å². The lowest BCUT2D eigenvalue weighted by molar-refractivity contribution is -0.115. The zero-order chi connectivity index (χ0) is 14.1. The zero-order valence-electron chi connectivity index (χ0n) is 11.3. The normalized spacial score (nSPS) is 10.2. The van der Waals surface area contributed by atoms with Gasteiger partial charge in [-0.05, 0) is 38.4 Å². The van der Waals surface area contributed by atoms with Gasteiger partial charge in [0.2, 0.25) is 5.91 Å². The Labute approximate surface area is 118 Å². The number of hydrogen-bond donors (Lipinski definition) is 1. The molecule has 0 fully saturated rings. The van der Waals surface area contributed by atoms with Gasteiger partial charge in [-0.3, -0.25) is 4.79 Å². The number of carbonyl (C=O) groups excluding carboxylic acids is 1. The molecule has 1 aromatic carbocycles. The van der Waals surface area contributed by atoms with Gasteiger partial charge < -0.3 is 10.2 Å². The van der Waals surface area contributed by atoms with Gasteiger partial charge in [0.05, 0.1) is 11.6 Å². The predicted molar refractivity (Wildman–Crippen MR) is 80.3 cm³/mol. The Morgan fingerprint density at radius 3 is 2.58 bits per heavy atom. The van der Waals surface area contributed by atoms with Gasteiger partial charge in [0.25, 0.3) is 0 Å². The van der Waals surface area contributed by atoms with Crippen molar-refractivity contribution >= 4 is 23.4 Å². The Hall–Kier alpha value is -1.51. The monoisotopic (exact) mass is 277 g/mol. The number of benzene rings is 1. The first-order valence-corrected chi connectivity index (χ1v) is 7.30. The average Bonchev–Trinajstić information content (AvgIpc) is 2.39. The molecule has 0 saturated heterocycles. The van der Waals surface area contributed by atoms with Gasteiger partial charge in [0.1, 0.15) is 0 Å². The van der Waals surface area contributed by atoms with Gasteiger partial charge >= 0.3 is 0 Å². The second kappa shape index (κ2) is 8.57. The first-order chi connectivity index (χ1) is 9.11. The number of nitriles is 1. The minimum Gasteiger partial charge on any atom is -0.326 e. The molecule has 0 aliphatic heterocycles. The Morgan fingerprint density at radius 1 is 1.32 bits per heavy atom. The Balaban J connectivity index is 2.22. The molecular formula is C14H19N3OS. The minimum atomic E-state index is 0.0158. The van der Waals surface area contributed by atoms with Crippen LogP contribution in [0.1, 0.15) is 12.0 Å². The Kier molecular flexibility index (Phi) is 7.01. The third-order valence-electron chi connectivity index (χ3n) is 2.45. The average molecular weight is 277 g/mol. The number of anilines is 1. The second-order valence-corrected chi connectivity index (χ2v) is 5.63. The molecule has 1 rings (SSSR count). The quantitative estimate of drug-likeness (QED) is 0.776. The number of thioether (sulfide) groups is 1. The molecule has 1 amide bonds. The first kappa shape index (κ1) is 15.5. The van der Waals surface area contributed by atoms with Gasteiger partial charge in [-0.2, -0.15) is 17.0 Å². The fourth-order valence-electron chi connectivity index (χ4n) is 1.37. The van der Waals surface area contributed by atoms with Gasteiger partial charge in [-0.15, -0.1) is 0 Å². The van der Waals surface area contributed by atoms with Crippen LogP contribution in [0.25, 0.3) is 0 Å². The second-order valence-electron chi connectivity index (χ2n) is 4.40. The molecule has 0 spiro atoms. The molecule has 1 aromatic rings. The van der Waals surface area contributed by atoms with Gasteiger partial charge in [-0.25, -0.2) is 0 Å². The fourth-order valence-corrected chi connectivity index (χ4v) is 2.39. The van der Waals surface area contributed by atoms with Crippen molar-refractivity contribution in [1.82, 2.24) is 4.90 Å². The summed E-state index contributed by atoms with van der Waals surface area (Å²) in [6, 6.07) is 8.93. The molecular weight excluding hydrogens is 258 g/mol. The number of nitrogens with zero attached hydrogens (tertiary/aromatic N) is 2. The summed E-state index contributed by atoms with van der Waals surface area (Å²) < 4.78 is 0. The molecule has 1 N–H and O–H groups in total. The van der Waals surface area contributed by atoms with E-state index >= 15 is 0 Å². The van der Waals surface area contributed by atoms with Crippen LogP contribution in [0.2, 0.25) is 0 Å². The smallest absolute Gasteiger partial charge is 0.225 e. The summed E-state index contributed by atoms with van der Waals surface area (Å²) in [4.78, 5) is 13.8. The molecule has 0 heterocycles. The standard InChI is InChI=1S/C14H19N3OS/c1-17(2)8-10-19-9-7-14(18)16-13-5-3-12(11-15)4-6-13/h3-6H,7-10H2,1-2H3,(H,16,18). The van der Waals surface area contributed by atoms with E-state index in [-0.39, 0.29) is 5.91 Å². The van der Waals surface area contributed by atoms with Crippen molar-refractivity contribution in [3.05, 3.63) is 29.8 Å². The summed E-state index contributed by atoms with van der Waals surface area (Å²) in [5.41, 5.74) is 1.33. The number of nitrogens with one attached hydrogen (secondary N) is 1. The summed E-state index contributed by atoms with van der Waals surface area (Å²) in [7, 11) is 4.08. The summed E-state index contributed by atoms with van der Waals surface area (Å²) in [5, 5.41) is 11.5. The fraction of sp³-hybridized carbons (Fsp3) is 0.429. The van der Waals surface area contributed by atoms with Crippen molar-refractivity contribution < 1.29 is 4.79 Å². The molecule has 4 nitrogen and oxygen atoms in total. The zero-order valence-corrected chi connectivity index (χ0v) is 12.2. The van der Waals surface area contributed by atoms with Crippen molar-refractivity contribution in [1.29, 1.82) is 5.26 Å². The molecule has 5 heteroatoms. The topological polar surface area (TPSA) is 56.1 Å². The van der Waals surface area contributed by atoms with E-state index in [4.69, 9.17) is 5.26 Å². The van der Waals surface area contributed by atoms with E-state index in [9.17, 15) is 4.79 Å². The van der Waals surface area contributed by atoms with Crippen molar-refractivity contribution in [3.8, 4) is 6.07 Å². The molecule has 0 bridgehead atoms. The van der Waals surface area contributed by atoms with Crippen LogP contribution >= 0.6 is 11.8 Å². The van der Waals surface area contributed by atoms with Crippen molar-refractivity contribution in [2.45, 2.75) is 6.42 Å². The van der Waals surface area contributed by atoms with Crippen LogP contribution in [0, 0.1) is 11.3 Å². The number of hydrogen-bond acceptors (Lipinski definition) is 4. The maximum atomic E-state index is 11.7. The highest BCUT2D eigenvalue weighted by atomic mass is 32.2. The third kappa shape index (κ3) is 6.85. The maximum absolute atomic E-state index is 11.7. The van der Waals surface area contributed by atoms with Crippen molar-refractivity contribution in [2.75, 3.05) is 37.5 Å². The van der Waals surface area contributed by atoms with Crippen molar-refractivity contribution in [2.24, 2.45) is 0 Å². The minimum absolute atomic E-state index is 0.0158. The summed E-state index contributed by atoms with van der Waals surface area (Å²) in [6.45, 7) is 1.03. The summed E-state index contributed by atoms with van der Waals surface area (Å²) >= 11 is 1.78. The molecule has 0 aliphatic rings. The maximum Gasteiger partial charge on any atom is 0.225 e. The number of amides is 1. The van der Waals surface area contributed by atoms with E-state index < -0.39 is 0 Å². The highest BCUT2D eigenvalue weighted by molar-refractivity contribution is 7.99. The van der Waals surface area contributed by atoms with E-state index in [2.05, 4.69) is 10.2 Å². The lowest BCUT2D eigenvalue weighted by Crippen LogP contribution is -2.16. The molecule has 0 radical (unpaired) electrons. The van der Waals surface area contributed by atoms with Gasteiger partial charge in [0, 0.05) is 30.2 Å². The van der Waals surface area contributed by atoms with Crippen molar-refractivity contribution in [3.63, 3.8) is 0 Å². The van der Waals surface area contributed by atoms with Crippen LogP contribution in [-0.2, 0) is 4.79 Å². The van der Waals surface area contributed by atoms with Crippen LogP contribution in [0.5, 0.6) is 0 Å². The van der Waals surface area contributed by atoms with E-state index in [1.807, 2.05) is 20.2 Å².